The van der Waals surface area contributed by atoms with Crippen molar-refractivity contribution in [2.75, 3.05) is 6.54 Å². The maximum absolute atomic E-state index is 11.5. The first-order valence-electron chi connectivity index (χ1n) is 4.05. The second-order valence-corrected chi connectivity index (χ2v) is 4.25. The van der Waals surface area contributed by atoms with Gasteiger partial charge in [0.05, 0.1) is 17.1 Å². The van der Waals surface area contributed by atoms with Gasteiger partial charge in [-0.1, -0.05) is 28.1 Å². The van der Waals surface area contributed by atoms with Crippen molar-refractivity contribution in [2.45, 2.75) is 0 Å². The summed E-state index contributed by atoms with van der Waals surface area (Å²) in [6.07, 6.45) is 0. The molecule has 0 aliphatic heterocycles. The Morgan fingerprint density at radius 2 is 2.27 bits per heavy atom. The number of rotatable bonds is 3. The van der Waals surface area contributed by atoms with Crippen LogP contribution in [0, 0.1) is 0 Å². The molecule has 0 radical (unpaired) electrons. The minimum atomic E-state index is -0.415. The second kappa shape index (κ2) is 5.09. The van der Waals surface area contributed by atoms with Gasteiger partial charge in [-0.2, -0.15) is 0 Å². The molecule has 0 atom stereocenters. The zero-order valence-electron chi connectivity index (χ0n) is 7.66. The first kappa shape index (κ1) is 11.9. The van der Waals surface area contributed by atoms with Crippen molar-refractivity contribution in [3.05, 3.63) is 28.2 Å². The molecule has 0 heterocycles. The fourth-order valence-electron chi connectivity index (χ4n) is 0.953. The van der Waals surface area contributed by atoms with Gasteiger partial charge in [0.15, 0.2) is 0 Å². The maximum atomic E-state index is 11.5. The summed E-state index contributed by atoms with van der Waals surface area (Å²) >= 11 is 7.82. The fourth-order valence-corrected chi connectivity index (χ4v) is 1.39. The third kappa shape index (κ3) is 3.49. The van der Waals surface area contributed by atoms with Crippen LogP contribution in [0.25, 0.3) is 0 Å². The SMILES string of the molecule is NC(=S)CNC(=O)c1cc(Br)ccc1O. The van der Waals surface area contributed by atoms with Gasteiger partial charge in [0.25, 0.3) is 5.91 Å². The molecule has 0 aromatic heterocycles. The van der Waals surface area contributed by atoms with Crippen LogP contribution in [0.2, 0.25) is 0 Å². The van der Waals surface area contributed by atoms with Gasteiger partial charge in [0.2, 0.25) is 0 Å². The van der Waals surface area contributed by atoms with Crippen LogP contribution in [-0.4, -0.2) is 22.5 Å². The Morgan fingerprint density at radius 3 is 2.87 bits per heavy atom. The zero-order valence-corrected chi connectivity index (χ0v) is 10.1. The Bertz CT molecular complexity index is 409. The average molecular weight is 289 g/mol. The molecule has 1 aromatic carbocycles. The monoisotopic (exact) mass is 288 g/mol. The second-order valence-electron chi connectivity index (χ2n) is 2.81. The lowest BCUT2D eigenvalue weighted by Crippen LogP contribution is -2.32. The van der Waals surface area contributed by atoms with Crippen molar-refractivity contribution < 1.29 is 9.90 Å². The van der Waals surface area contributed by atoms with Gasteiger partial charge in [0.1, 0.15) is 5.75 Å². The summed E-state index contributed by atoms with van der Waals surface area (Å²) < 4.78 is 0.709. The van der Waals surface area contributed by atoms with Crippen molar-refractivity contribution in [2.24, 2.45) is 5.73 Å². The molecule has 0 fully saturated rings. The van der Waals surface area contributed by atoms with Crippen LogP contribution < -0.4 is 11.1 Å². The highest BCUT2D eigenvalue weighted by molar-refractivity contribution is 9.10. The summed E-state index contributed by atoms with van der Waals surface area (Å²) in [4.78, 5) is 11.7. The number of thiocarbonyl (C=S) groups is 1. The number of hydrogen-bond acceptors (Lipinski definition) is 3. The standard InChI is InChI=1S/C9H9BrN2O2S/c10-5-1-2-7(13)6(3-5)9(14)12-4-8(11)15/h1-3,13H,4H2,(H2,11,15)(H,12,14). The first-order chi connectivity index (χ1) is 7.00. The molecule has 1 aromatic rings. The number of halogens is 1. The molecule has 0 saturated heterocycles. The maximum Gasteiger partial charge on any atom is 0.255 e. The molecular weight excluding hydrogens is 280 g/mol. The average Bonchev–Trinajstić information content (AvgIpc) is 2.18. The van der Waals surface area contributed by atoms with Crippen molar-refractivity contribution in [3.8, 4) is 5.75 Å². The van der Waals surface area contributed by atoms with E-state index in [2.05, 4.69) is 33.5 Å². The van der Waals surface area contributed by atoms with Crippen molar-refractivity contribution in [1.29, 1.82) is 0 Å². The predicted molar refractivity (Wildman–Crippen MR) is 64.9 cm³/mol. The third-order valence-electron chi connectivity index (χ3n) is 1.63. The number of carbonyl (C=O) groups is 1. The Balaban J connectivity index is 2.81. The number of nitrogens with one attached hydrogen (secondary N) is 1. The van der Waals surface area contributed by atoms with Crippen LogP contribution in [-0.2, 0) is 0 Å². The Labute approximate surface area is 101 Å². The van der Waals surface area contributed by atoms with Crippen LogP contribution in [0.4, 0.5) is 0 Å². The number of phenolic OH excluding ortho intramolecular Hbond substituents is 1. The van der Waals surface area contributed by atoms with Crippen LogP contribution in [0.5, 0.6) is 5.75 Å². The third-order valence-corrected chi connectivity index (χ3v) is 2.26. The lowest BCUT2D eigenvalue weighted by Gasteiger charge is -2.06. The van der Waals surface area contributed by atoms with Gasteiger partial charge in [-0.3, -0.25) is 4.79 Å². The minimum Gasteiger partial charge on any atom is -0.507 e. The number of aromatic hydroxyl groups is 1. The van der Waals surface area contributed by atoms with Crippen LogP contribution >= 0.6 is 28.1 Å². The molecule has 4 N–H and O–H groups in total. The van der Waals surface area contributed by atoms with E-state index in [0.717, 1.165) is 0 Å². The summed E-state index contributed by atoms with van der Waals surface area (Å²) in [6, 6.07) is 4.59. The van der Waals surface area contributed by atoms with E-state index in [1.165, 1.54) is 12.1 Å². The van der Waals surface area contributed by atoms with Gasteiger partial charge in [0, 0.05) is 4.47 Å². The summed E-state index contributed by atoms with van der Waals surface area (Å²) in [5.41, 5.74) is 5.41. The van der Waals surface area contributed by atoms with Gasteiger partial charge in [-0.25, -0.2) is 0 Å². The Hall–Kier alpha value is -1.14. The smallest absolute Gasteiger partial charge is 0.255 e. The highest BCUT2D eigenvalue weighted by Gasteiger charge is 2.10. The van der Waals surface area contributed by atoms with E-state index in [1.54, 1.807) is 6.07 Å². The molecule has 80 valence electrons. The van der Waals surface area contributed by atoms with Crippen LogP contribution in [0.1, 0.15) is 10.4 Å². The minimum absolute atomic E-state index is 0.0846. The topological polar surface area (TPSA) is 75.3 Å². The van der Waals surface area contributed by atoms with Crippen LogP contribution in [0.3, 0.4) is 0 Å². The zero-order chi connectivity index (χ0) is 11.4. The summed E-state index contributed by atoms with van der Waals surface area (Å²) in [6.45, 7) is 0.111. The van der Waals surface area contributed by atoms with Gasteiger partial charge in [-0.15, -0.1) is 0 Å². The number of carbonyl (C=O) groups excluding carboxylic acids is 1. The van der Waals surface area contributed by atoms with E-state index in [0.29, 0.717) is 4.47 Å². The molecule has 0 bridgehead atoms. The highest BCUT2D eigenvalue weighted by atomic mass is 79.9. The molecule has 1 amide bonds. The number of hydrogen-bond donors (Lipinski definition) is 3. The summed E-state index contributed by atoms with van der Waals surface area (Å²) in [7, 11) is 0. The molecule has 1 rings (SSSR count). The molecule has 0 aliphatic carbocycles. The molecular formula is C9H9BrN2O2S. The summed E-state index contributed by atoms with van der Waals surface area (Å²) in [5.74, 6) is -0.500. The quantitative estimate of drug-likeness (QED) is 0.730. The van der Waals surface area contributed by atoms with Gasteiger partial charge < -0.3 is 16.2 Å². The van der Waals surface area contributed by atoms with Crippen LogP contribution in [0.15, 0.2) is 22.7 Å². The number of amides is 1. The lowest BCUT2D eigenvalue weighted by atomic mass is 10.2. The molecule has 0 saturated carbocycles. The normalized spacial score (nSPS) is 9.67. The van der Waals surface area contributed by atoms with E-state index in [-0.39, 0.29) is 22.8 Å². The van der Waals surface area contributed by atoms with Crippen molar-refractivity contribution in [3.63, 3.8) is 0 Å². The number of phenols is 1. The van der Waals surface area contributed by atoms with E-state index in [4.69, 9.17) is 5.73 Å². The first-order valence-corrected chi connectivity index (χ1v) is 5.26. The largest absolute Gasteiger partial charge is 0.507 e. The predicted octanol–water partition coefficient (Wildman–Crippen LogP) is 1.17. The molecule has 0 spiro atoms. The van der Waals surface area contributed by atoms with Gasteiger partial charge in [-0.05, 0) is 18.2 Å². The fraction of sp³-hybridized carbons (Fsp3) is 0.111. The van der Waals surface area contributed by atoms with Crippen molar-refractivity contribution in [1.82, 2.24) is 5.32 Å². The van der Waals surface area contributed by atoms with Gasteiger partial charge >= 0.3 is 0 Å². The van der Waals surface area contributed by atoms with E-state index >= 15 is 0 Å². The van der Waals surface area contributed by atoms with E-state index in [1.807, 2.05) is 0 Å². The molecule has 15 heavy (non-hydrogen) atoms. The molecule has 6 heteroatoms. The van der Waals surface area contributed by atoms with E-state index in [9.17, 15) is 9.90 Å². The lowest BCUT2D eigenvalue weighted by molar-refractivity contribution is 0.0956. The number of benzene rings is 1. The highest BCUT2D eigenvalue weighted by Crippen LogP contribution is 2.21. The van der Waals surface area contributed by atoms with Crippen molar-refractivity contribution >= 4 is 39.0 Å². The molecule has 0 unspecified atom stereocenters. The number of nitrogens with two attached hydrogens (primary N) is 1. The molecule has 0 aliphatic rings. The summed E-state index contributed by atoms with van der Waals surface area (Å²) in [5, 5.41) is 11.9. The molecule has 4 nitrogen and oxygen atoms in total. The Kier molecular flexibility index (Phi) is 4.05. The Morgan fingerprint density at radius 1 is 1.60 bits per heavy atom. The van der Waals surface area contributed by atoms with E-state index < -0.39 is 5.91 Å².